The fourth-order valence-corrected chi connectivity index (χ4v) is 3.17. The van der Waals surface area contributed by atoms with Gasteiger partial charge < -0.3 is 14.2 Å². The Balaban J connectivity index is 1.65. The van der Waals surface area contributed by atoms with E-state index in [9.17, 15) is 4.79 Å². The summed E-state index contributed by atoms with van der Waals surface area (Å²) in [6.45, 7) is 1.13. The molecule has 24 heavy (non-hydrogen) atoms. The highest BCUT2D eigenvalue weighted by Gasteiger charge is 2.22. The molecule has 0 unspecified atom stereocenters. The molecular weight excluding hydrogens is 304 g/mol. The molecule has 0 aromatic heterocycles. The third kappa shape index (κ3) is 2.64. The van der Waals surface area contributed by atoms with Crippen LogP contribution < -0.4 is 14.2 Å². The summed E-state index contributed by atoms with van der Waals surface area (Å²) in [7, 11) is 1.64. The summed E-state index contributed by atoms with van der Waals surface area (Å²) in [5, 5.41) is 0. The first-order valence-corrected chi connectivity index (χ1v) is 8.06. The quantitative estimate of drug-likeness (QED) is 0.791. The van der Waals surface area contributed by atoms with Gasteiger partial charge in [0, 0.05) is 11.1 Å². The van der Waals surface area contributed by atoms with E-state index in [1.807, 2.05) is 42.5 Å². The average Bonchev–Trinajstić information content (AvgIpc) is 2.63. The minimum Gasteiger partial charge on any atom is -0.497 e. The lowest BCUT2D eigenvalue weighted by Gasteiger charge is -2.20. The molecule has 0 fully saturated rings. The smallest absolute Gasteiger partial charge is 0.189 e. The number of carbonyl (C=O) groups excluding carboxylic acids is 1. The number of methoxy groups -OCH3 is 1. The number of fused-ring (bicyclic) bond motifs is 2. The predicted octanol–water partition coefficient (Wildman–Crippen LogP) is 3.68. The number of carbonyl (C=O) groups is 1. The van der Waals surface area contributed by atoms with Crippen molar-refractivity contribution in [2.45, 2.75) is 12.8 Å². The zero-order valence-electron chi connectivity index (χ0n) is 13.5. The Morgan fingerprint density at radius 2 is 1.83 bits per heavy atom. The lowest BCUT2D eigenvalue weighted by molar-refractivity contribution is 0.102. The Morgan fingerprint density at radius 3 is 2.67 bits per heavy atom. The summed E-state index contributed by atoms with van der Waals surface area (Å²) in [6.07, 6.45) is 3.52. The zero-order chi connectivity index (χ0) is 16.5. The molecule has 1 aliphatic heterocycles. The Morgan fingerprint density at radius 1 is 1.00 bits per heavy atom. The molecule has 0 N–H and O–H groups in total. The van der Waals surface area contributed by atoms with Crippen molar-refractivity contribution >= 4 is 11.9 Å². The van der Waals surface area contributed by atoms with Gasteiger partial charge in [-0.15, -0.1) is 0 Å². The van der Waals surface area contributed by atoms with Crippen LogP contribution in [0, 0.1) is 0 Å². The molecule has 122 valence electrons. The van der Waals surface area contributed by atoms with Crippen molar-refractivity contribution in [1.29, 1.82) is 0 Å². The van der Waals surface area contributed by atoms with Crippen molar-refractivity contribution in [3.63, 3.8) is 0 Å². The average molecular weight is 322 g/mol. The van der Waals surface area contributed by atoms with Crippen LogP contribution in [0.4, 0.5) is 0 Å². The fourth-order valence-electron chi connectivity index (χ4n) is 3.17. The van der Waals surface area contributed by atoms with Gasteiger partial charge in [-0.3, -0.25) is 4.79 Å². The lowest BCUT2D eigenvalue weighted by Crippen LogP contribution is -2.15. The third-order valence-corrected chi connectivity index (χ3v) is 4.42. The Hall–Kier alpha value is -2.75. The summed E-state index contributed by atoms with van der Waals surface area (Å²) in [5.74, 6) is 2.38. The summed E-state index contributed by atoms with van der Waals surface area (Å²) >= 11 is 0. The SMILES string of the molecule is COc1ccc2c(c1)CCC(=Cc1ccc3c(c1)OCCO3)C2=O. The van der Waals surface area contributed by atoms with Crippen molar-refractivity contribution in [3.8, 4) is 17.2 Å². The molecule has 0 spiro atoms. The standard InChI is InChI=1S/C20H18O4/c1-22-16-5-6-17-14(12-16)3-4-15(20(17)21)10-13-2-7-18-19(11-13)24-9-8-23-18/h2,5-7,10-12H,3-4,8-9H2,1H3. The van der Waals surface area contributed by atoms with E-state index in [2.05, 4.69) is 0 Å². The monoisotopic (exact) mass is 322 g/mol. The highest BCUT2D eigenvalue weighted by molar-refractivity contribution is 6.13. The number of rotatable bonds is 2. The number of allylic oxidation sites excluding steroid dienone is 1. The van der Waals surface area contributed by atoms with Crippen LogP contribution in [-0.2, 0) is 6.42 Å². The molecule has 4 rings (SSSR count). The molecule has 0 atom stereocenters. The molecule has 1 aliphatic carbocycles. The van der Waals surface area contributed by atoms with Gasteiger partial charge in [-0.25, -0.2) is 0 Å². The lowest BCUT2D eigenvalue weighted by atomic mass is 9.86. The van der Waals surface area contributed by atoms with E-state index in [4.69, 9.17) is 14.2 Å². The van der Waals surface area contributed by atoms with Gasteiger partial charge in [0.2, 0.25) is 0 Å². The van der Waals surface area contributed by atoms with E-state index in [0.29, 0.717) is 13.2 Å². The molecule has 0 radical (unpaired) electrons. The summed E-state index contributed by atoms with van der Waals surface area (Å²) in [5.41, 5.74) is 3.61. The van der Waals surface area contributed by atoms with Crippen LogP contribution in [-0.4, -0.2) is 26.1 Å². The van der Waals surface area contributed by atoms with E-state index < -0.39 is 0 Å². The van der Waals surface area contributed by atoms with Gasteiger partial charge in [0.15, 0.2) is 17.3 Å². The molecule has 0 bridgehead atoms. The summed E-state index contributed by atoms with van der Waals surface area (Å²) < 4.78 is 16.4. The normalized spacial score (nSPS) is 17.5. The maximum Gasteiger partial charge on any atom is 0.189 e. The van der Waals surface area contributed by atoms with E-state index in [-0.39, 0.29) is 5.78 Å². The van der Waals surface area contributed by atoms with Crippen molar-refractivity contribution in [3.05, 3.63) is 58.7 Å². The highest BCUT2D eigenvalue weighted by Crippen LogP contribution is 2.33. The molecule has 0 amide bonds. The fraction of sp³-hybridized carbons (Fsp3) is 0.250. The van der Waals surface area contributed by atoms with Gasteiger partial charge in [0.05, 0.1) is 7.11 Å². The number of ketones is 1. The third-order valence-electron chi connectivity index (χ3n) is 4.42. The number of benzene rings is 2. The topological polar surface area (TPSA) is 44.8 Å². The zero-order valence-corrected chi connectivity index (χ0v) is 13.5. The Bertz CT molecular complexity index is 836. The second kappa shape index (κ2) is 6.04. The first-order chi connectivity index (χ1) is 11.7. The maximum absolute atomic E-state index is 12.7. The number of aryl methyl sites for hydroxylation is 1. The predicted molar refractivity (Wildman–Crippen MR) is 91.1 cm³/mol. The van der Waals surface area contributed by atoms with Gasteiger partial charge >= 0.3 is 0 Å². The minimum absolute atomic E-state index is 0.0915. The van der Waals surface area contributed by atoms with Crippen LogP contribution in [0.15, 0.2) is 42.0 Å². The van der Waals surface area contributed by atoms with E-state index in [0.717, 1.165) is 52.4 Å². The molecule has 0 saturated carbocycles. The second-order valence-corrected chi connectivity index (χ2v) is 5.92. The summed E-state index contributed by atoms with van der Waals surface area (Å²) in [4.78, 5) is 12.7. The van der Waals surface area contributed by atoms with Crippen molar-refractivity contribution in [2.75, 3.05) is 20.3 Å². The minimum atomic E-state index is 0.0915. The van der Waals surface area contributed by atoms with Crippen LogP contribution >= 0.6 is 0 Å². The van der Waals surface area contributed by atoms with Gasteiger partial charge in [-0.1, -0.05) is 6.07 Å². The van der Waals surface area contributed by atoms with E-state index in [1.165, 1.54) is 0 Å². The van der Waals surface area contributed by atoms with Crippen molar-refractivity contribution in [2.24, 2.45) is 0 Å². The van der Waals surface area contributed by atoms with Crippen LogP contribution in [0.1, 0.15) is 27.9 Å². The Labute approximate surface area is 140 Å². The van der Waals surface area contributed by atoms with Gasteiger partial charge in [-0.2, -0.15) is 0 Å². The van der Waals surface area contributed by atoms with Crippen LogP contribution in [0.25, 0.3) is 6.08 Å². The molecule has 2 aliphatic rings. The second-order valence-electron chi connectivity index (χ2n) is 5.92. The molecule has 4 nitrogen and oxygen atoms in total. The maximum atomic E-state index is 12.7. The van der Waals surface area contributed by atoms with E-state index in [1.54, 1.807) is 7.11 Å². The first kappa shape index (κ1) is 14.8. The van der Waals surface area contributed by atoms with Crippen LogP contribution in [0.2, 0.25) is 0 Å². The van der Waals surface area contributed by atoms with Crippen LogP contribution in [0.5, 0.6) is 17.2 Å². The van der Waals surface area contributed by atoms with Crippen LogP contribution in [0.3, 0.4) is 0 Å². The number of hydrogen-bond acceptors (Lipinski definition) is 4. The summed E-state index contributed by atoms with van der Waals surface area (Å²) in [6, 6.07) is 11.4. The molecular formula is C20H18O4. The van der Waals surface area contributed by atoms with E-state index >= 15 is 0 Å². The molecule has 1 heterocycles. The van der Waals surface area contributed by atoms with Gasteiger partial charge in [0.1, 0.15) is 19.0 Å². The molecule has 4 heteroatoms. The number of ether oxygens (including phenoxy) is 3. The largest absolute Gasteiger partial charge is 0.497 e. The molecule has 2 aromatic carbocycles. The van der Waals surface area contributed by atoms with Crippen molar-refractivity contribution < 1.29 is 19.0 Å². The Kier molecular flexibility index (Phi) is 3.73. The van der Waals surface area contributed by atoms with Gasteiger partial charge in [0.25, 0.3) is 0 Å². The number of Topliss-reactive ketones (excluding diaryl/α,β-unsaturated/α-hetero) is 1. The molecule has 2 aromatic rings. The first-order valence-electron chi connectivity index (χ1n) is 8.06. The molecule has 0 saturated heterocycles. The highest BCUT2D eigenvalue weighted by atomic mass is 16.6. The number of hydrogen-bond donors (Lipinski definition) is 0. The van der Waals surface area contributed by atoms with Gasteiger partial charge in [-0.05, 0) is 60.4 Å². The van der Waals surface area contributed by atoms with Crippen molar-refractivity contribution in [1.82, 2.24) is 0 Å².